The molecule has 2 atom stereocenters. The molecule has 2 unspecified atom stereocenters. The number of hydrogen-bond acceptors (Lipinski definition) is 2. The molecule has 0 bridgehead atoms. The zero-order chi connectivity index (χ0) is 12.0. The molecule has 2 nitrogen and oxygen atoms in total. The molecule has 90 valence electrons. The number of benzene rings is 1. The monoisotopic (exact) mass is 220 g/mol. The summed E-state index contributed by atoms with van der Waals surface area (Å²) in [7, 11) is 2.02. The van der Waals surface area contributed by atoms with E-state index in [9.17, 15) is 0 Å². The van der Waals surface area contributed by atoms with Crippen LogP contribution in [0.15, 0.2) is 24.3 Å². The zero-order valence-corrected chi connectivity index (χ0v) is 10.7. The molecule has 0 aliphatic carbocycles. The van der Waals surface area contributed by atoms with E-state index in [0.29, 0.717) is 12.0 Å². The van der Waals surface area contributed by atoms with E-state index >= 15 is 0 Å². The average molecular weight is 220 g/mol. The van der Waals surface area contributed by atoms with E-state index in [1.165, 1.54) is 11.1 Å². The lowest BCUT2D eigenvalue weighted by molar-refractivity contribution is 0.392. The summed E-state index contributed by atoms with van der Waals surface area (Å²) in [5, 5.41) is 3.38. The molecule has 0 heterocycles. The smallest absolute Gasteiger partial charge is 0.0343 e. The lowest BCUT2D eigenvalue weighted by Crippen LogP contribution is -2.25. The summed E-state index contributed by atoms with van der Waals surface area (Å²) in [6.45, 7) is 5.19. The van der Waals surface area contributed by atoms with Crippen molar-refractivity contribution in [2.75, 3.05) is 13.6 Å². The standard InChI is InChI=1S/C14H24N2/c1-4-12-5-7-13(8-6-12)14(16-3)11(2)9-10-15/h5-8,11,14,16H,4,9-10,15H2,1-3H3. The number of nitrogens with two attached hydrogens (primary N) is 1. The molecule has 0 fully saturated rings. The average Bonchev–Trinajstić information content (AvgIpc) is 2.31. The first kappa shape index (κ1) is 13.2. The van der Waals surface area contributed by atoms with Gasteiger partial charge in [-0.2, -0.15) is 0 Å². The van der Waals surface area contributed by atoms with Gasteiger partial charge in [-0.1, -0.05) is 38.1 Å². The maximum Gasteiger partial charge on any atom is 0.0343 e. The van der Waals surface area contributed by atoms with Gasteiger partial charge < -0.3 is 11.1 Å². The van der Waals surface area contributed by atoms with Crippen molar-refractivity contribution in [3.05, 3.63) is 35.4 Å². The summed E-state index contributed by atoms with van der Waals surface area (Å²) < 4.78 is 0. The van der Waals surface area contributed by atoms with Crippen molar-refractivity contribution in [2.45, 2.75) is 32.7 Å². The van der Waals surface area contributed by atoms with Crippen LogP contribution < -0.4 is 11.1 Å². The fourth-order valence-electron chi connectivity index (χ4n) is 2.17. The van der Waals surface area contributed by atoms with E-state index in [4.69, 9.17) is 5.73 Å². The Labute approximate surface area is 99.2 Å². The first-order chi connectivity index (χ1) is 7.72. The van der Waals surface area contributed by atoms with E-state index in [-0.39, 0.29) is 0 Å². The van der Waals surface area contributed by atoms with Crippen LogP contribution in [0.2, 0.25) is 0 Å². The van der Waals surface area contributed by atoms with Crippen molar-refractivity contribution < 1.29 is 0 Å². The molecule has 3 N–H and O–H groups in total. The molecule has 0 aromatic heterocycles. The van der Waals surface area contributed by atoms with Crippen molar-refractivity contribution in [1.82, 2.24) is 5.32 Å². The van der Waals surface area contributed by atoms with Crippen LogP contribution in [0.4, 0.5) is 0 Å². The normalized spacial score (nSPS) is 14.8. The predicted molar refractivity (Wildman–Crippen MR) is 70.5 cm³/mol. The molecule has 1 rings (SSSR count). The predicted octanol–water partition coefficient (Wildman–Crippen LogP) is 2.49. The minimum Gasteiger partial charge on any atom is -0.330 e. The lowest BCUT2D eigenvalue weighted by atomic mass is 9.91. The van der Waals surface area contributed by atoms with E-state index in [1.54, 1.807) is 0 Å². The van der Waals surface area contributed by atoms with Gasteiger partial charge in [0.1, 0.15) is 0 Å². The van der Waals surface area contributed by atoms with Crippen molar-refractivity contribution in [3.63, 3.8) is 0 Å². The van der Waals surface area contributed by atoms with E-state index in [0.717, 1.165) is 19.4 Å². The molecule has 0 saturated carbocycles. The minimum absolute atomic E-state index is 0.412. The van der Waals surface area contributed by atoms with Crippen molar-refractivity contribution in [3.8, 4) is 0 Å². The van der Waals surface area contributed by atoms with Crippen LogP contribution >= 0.6 is 0 Å². The molecule has 0 spiro atoms. The highest BCUT2D eigenvalue weighted by molar-refractivity contribution is 5.25. The third kappa shape index (κ3) is 3.32. The van der Waals surface area contributed by atoms with Crippen LogP contribution in [-0.4, -0.2) is 13.6 Å². The fraction of sp³-hybridized carbons (Fsp3) is 0.571. The Bertz CT molecular complexity index is 292. The van der Waals surface area contributed by atoms with Crippen LogP contribution in [0.25, 0.3) is 0 Å². The molecule has 1 aromatic carbocycles. The second-order valence-corrected chi connectivity index (χ2v) is 4.42. The first-order valence-electron chi connectivity index (χ1n) is 6.19. The van der Waals surface area contributed by atoms with Gasteiger partial charge in [-0.05, 0) is 43.5 Å². The quantitative estimate of drug-likeness (QED) is 0.773. The summed E-state index contributed by atoms with van der Waals surface area (Å²) >= 11 is 0. The Morgan fingerprint density at radius 1 is 1.25 bits per heavy atom. The second kappa shape index (κ2) is 6.66. The van der Waals surface area contributed by atoms with Crippen LogP contribution in [0.3, 0.4) is 0 Å². The maximum absolute atomic E-state index is 5.62. The van der Waals surface area contributed by atoms with E-state index in [1.807, 2.05) is 7.05 Å². The minimum atomic E-state index is 0.412. The van der Waals surface area contributed by atoms with Gasteiger partial charge in [0.15, 0.2) is 0 Å². The Morgan fingerprint density at radius 2 is 1.88 bits per heavy atom. The Balaban J connectivity index is 2.78. The summed E-state index contributed by atoms with van der Waals surface area (Å²) in [6, 6.07) is 9.30. The topological polar surface area (TPSA) is 38.0 Å². The van der Waals surface area contributed by atoms with Gasteiger partial charge >= 0.3 is 0 Å². The third-order valence-corrected chi connectivity index (χ3v) is 3.25. The van der Waals surface area contributed by atoms with Crippen LogP contribution in [0.5, 0.6) is 0 Å². The van der Waals surface area contributed by atoms with Crippen molar-refractivity contribution in [2.24, 2.45) is 11.7 Å². The van der Waals surface area contributed by atoms with E-state index < -0.39 is 0 Å². The van der Waals surface area contributed by atoms with Gasteiger partial charge in [-0.25, -0.2) is 0 Å². The van der Waals surface area contributed by atoms with Gasteiger partial charge in [0.25, 0.3) is 0 Å². The number of hydrogen-bond donors (Lipinski definition) is 2. The highest BCUT2D eigenvalue weighted by Crippen LogP contribution is 2.24. The van der Waals surface area contributed by atoms with Crippen LogP contribution in [0, 0.1) is 5.92 Å². The molecular weight excluding hydrogens is 196 g/mol. The zero-order valence-electron chi connectivity index (χ0n) is 10.7. The lowest BCUT2D eigenvalue weighted by Gasteiger charge is -2.23. The highest BCUT2D eigenvalue weighted by Gasteiger charge is 2.16. The number of rotatable bonds is 6. The van der Waals surface area contributed by atoms with Gasteiger partial charge in [0.2, 0.25) is 0 Å². The summed E-state index contributed by atoms with van der Waals surface area (Å²) in [6.07, 6.45) is 2.16. The molecule has 2 heteroatoms. The van der Waals surface area contributed by atoms with Gasteiger partial charge in [-0.3, -0.25) is 0 Å². The molecule has 0 amide bonds. The Hall–Kier alpha value is -0.860. The number of aryl methyl sites for hydroxylation is 1. The molecule has 0 radical (unpaired) electrons. The highest BCUT2D eigenvalue weighted by atomic mass is 14.9. The largest absolute Gasteiger partial charge is 0.330 e. The van der Waals surface area contributed by atoms with Crippen molar-refractivity contribution in [1.29, 1.82) is 0 Å². The molecular formula is C14H24N2. The summed E-state index contributed by atoms with van der Waals surface area (Å²) in [5.41, 5.74) is 8.37. The third-order valence-electron chi connectivity index (χ3n) is 3.25. The summed E-state index contributed by atoms with van der Waals surface area (Å²) in [5.74, 6) is 0.572. The van der Waals surface area contributed by atoms with Crippen LogP contribution in [0.1, 0.15) is 37.4 Å². The molecule has 0 saturated heterocycles. The van der Waals surface area contributed by atoms with Crippen LogP contribution in [-0.2, 0) is 6.42 Å². The molecule has 16 heavy (non-hydrogen) atoms. The molecule has 1 aromatic rings. The van der Waals surface area contributed by atoms with Gasteiger partial charge in [-0.15, -0.1) is 0 Å². The van der Waals surface area contributed by atoms with Crippen molar-refractivity contribution >= 4 is 0 Å². The van der Waals surface area contributed by atoms with Gasteiger partial charge in [0.05, 0.1) is 0 Å². The molecule has 0 aliphatic rings. The van der Waals surface area contributed by atoms with Gasteiger partial charge in [0, 0.05) is 6.04 Å². The Kier molecular flexibility index (Phi) is 5.50. The van der Waals surface area contributed by atoms with E-state index in [2.05, 4.69) is 43.4 Å². The first-order valence-corrected chi connectivity index (χ1v) is 6.19. The number of nitrogens with one attached hydrogen (secondary N) is 1. The Morgan fingerprint density at radius 3 is 2.31 bits per heavy atom. The SMILES string of the molecule is CCc1ccc(C(NC)C(C)CCN)cc1. The molecule has 0 aliphatic heterocycles. The maximum atomic E-state index is 5.62. The fourth-order valence-corrected chi connectivity index (χ4v) is 2.17. The second-order valence-electron chi connectivity index (χ2n) is 4.42. The summed E-state index contributed by atoms with van der Waals surface area (Å²) in [4.78, 5) is 0.